The van der Waals surface area contributed by atoms with E-state index >= 15 is 0 Å². The lowest BCUT2D eigenvalue weighted by Gasteiger charge is -2.16. The van der Waals surface area contributed by atoms with Gasteiger partial charge in [-0.05, 0) is 12.1 Å². The van der Waals surface area contributed by atoms with Gasteiger partial charge in [0.1, 0.15) is 12.2 Å². The van der Waals surface area contributed by atoms with Crippen molar-refractivity contribution in [2.45, 2.75) is 18.3 Å². The minimum atomic E-state index is -0.999. The van der Waals surface area contributed by atoms with Gasteiger partial charge in [0.25, 0.3) is 0 Å². The third-order valence-electron chi connectivity index (χ3n) is 2.57. The van der Waals surface area contributed by atoms with Crippen molar-refractivity contribution in [3.05, 3.63) is 30.1 Å². The Morgan fingerprint density at radius 2 is 2.47 bits per heavy atom. The predicted octanol–water partition coefficient (Wildman–Crippen LogP) is -0.641. The van der Waals surface area contributed by atoms with Crippen molar-refractivity contribution >= 4 is 5.97 Å². The monoisotopic (exact) mass is 239 g/mol. The highest BCUT2D eigenvalue weighted by atomic mass is 16.6. The molecule has 2 N–H and O–H groups in total. The number of carbonyl (C=O) groups excluding carboxylic acids is 1. The molecule has 1 aliphatic rings. The summed E-state index contributed by atoms with van der Waals surface area (Å²) in [7, 11) is 0. The van der Waals surface area contributed by atoms with Gasteiger partial charge in [0, 0.05) is 12.4 Å². The van der Waals surface area contributed by atoms with Gasteiger partial charge in [-0.25, -0.2) is 4.79 Å². The molecule has 1 aliphatic heterocycles. The van der Waals surface area contributed by atoms with Crippen molar-refractivity contribution in [2.75, 3.05) is 13.2 Å². The molecule has 2 heterocycles. The van der Waals surface area contributed by atoms with Crippen LogP contribution in [0.25, 0.3) is 0 Å². The fourth-order valence-corrected chi connectivity index (χ4v) is 1.61. The standard InChI is InChI=1S/C11H13NO5/c13-5-8-10(14)9(6-16-8)17-11(15)7-2-1-3-12-4-7/h1-4,8-10,13-14H,5-6H2/t8-,9-,10-/m1/s1. The third kappa shape index (κ3) is 2.60. The number of aromatic nitrogens is 1. The van der Waals surface area contributed by atoms with Gasteiger partial charge in [-0.15, -0.1) is 0 Å². The molecule has 3 atom stereocenters. The van der Waals surface area contributed by atoms with Crippen LogP contribution in [-0.4, -0.2) is 52.7 Å². The lowest BCUT2D eigenvalue weighted by molar-refractivity contribution is -0.0174. The summed E-state index contributed by atoms with van der Waals surface area (Å²) in [5, 5.41) is 18.5. The molecular formula is C11H13NO5. The number of esters is 1. The largest absolute Gasteiger partial charge is 0.453 e. The highest BCUT2D eigenvalue weighted by Crippen LogP contribution is 2.18. The molecule has 1 saturated heterocycles. The van der Waals surface area contributed by atoms with E-state index < -0.39 is 24.3 Å². The molecule has 6 nitrogen and oxygen atoms in total. The number of aliphatic hydroxyl groups is 2. The molecule has 17 heavy (non-hydrogen) atoms. The van der Waals surface area contributed by atoms with E-state index in [-0.39, 0.29) is 13.2 Å². The summed E-state index contributed by atoms with van der Waals surface area (Å²) in [6, 6.07) is 3.19. The second-order valence-corrected chi connectivity index (χ2v) is 3.73. The first-order valence-corrected chi connectivity index (χ1v) is 5.24. The molecule has 92 valence electrons. The molecule has 2 rings (SSSR count). The SMILES string of the molecule is O=C(O[C@@H]1CO[C@H](CO)[C@H]1O)c1cccnc1. The molecular weight excluding hydrogens is 226 g/mol. The zero-order valence-corrected chi connectivity index (χ0v) is 9.02. The number of pyridine rings is 1. The Hall–Kier alpha value is -1.50. The van der Waals surface area contributed by atoms with Gasteiger partial charge in [0.05, 0.1) is 18.8 Å². The van der Waals surface area contributed by atoms with Crippen molar-refractivity contribution in [3.63, 3.8) is 0 Å². The molecule has 0 aromatic carbocycles. The van der Waals surface area contributed by atoms with Gasteiger partial charge in [0.2, 0.25) is 0 Å². The van der Waals surface area contributed by atoms with Crippen LogP contribution in [0.2, 0.25) is 0 Å². The first-order valence-electron chi connectivity index (χ1n) is 5.24. The lowest BCUT2D eigenvalue weighted by Crippen LogP contribution is -2.35. The van der Waals surface area contributed by atoms with Crippen LogP contribution in [0.4, 0.5) is 0 Å². The zero-order valence-electron chi connectivity index (χ0n) is 9.02. The number of carbonyl (C=O) groups is 1. The van der Waals surface area contributed by atoms with Gasteiger partial charge < -0.3 is 19.7 Å². The minimum absolute atomic E-state index is 0.0817. The van der Waals surface area contributed by atoms with Crippen molar-refractivity contribution in [1.82, 2.24) is 4.98 Å². The molecule has 1 fully saturated rings. The summed E-state index contributed by atoms with van der Waals surface area (Å²) in [5.41, 5.74) is 0.312. The van der Waals surface area contributed by atoms with E-state index in [1.165, 1.54) is 6.20 Å². The van der Waals surface area contributed by atoms with Crippen LogP contribution in [0.15, 0.2) is 24.5 Å². The quantitative estimate of drug-likeness (QED) is 0.682. The molecule has 0 unspecified atom stereocenters. The number of ether oxygens (including phenoxy) is 2. The summed E-state index contributed by atoms with van der Waals surface area (Å²) in [5.74, 6) is -0.565. The van der Waals surface area contributed by atoms with Gasteiger partial charge in [-0.3, -0.25) is 4.98 Å². The van der Waals surface area contributed by atoms with Crippen LogP contribution in [0.5, 0.6) is 0 Å². The van der Waals surface area contributed by atoms with E-state index in [2.05, 4.69) is 4.98 Å². The molecule has 0 spiro atoms. The Morgan fingerprint density at radius 1 is 1.65 bits per heavy atom. The number of hydrogen-bond acceptors (Lipinski definition) is 6. The molecule has 1 aromatic heterocycles. The van der Waals surface area contributed by atoms with Crippen LogP contribution >= 0.6 is 0 Å². The smallest absolute Gasteiger partial charge is 0.340 e. The molecule has 0 amide bonds. The van der Waals surface area contributed by atoms with Gasteiger partial charge in [0.15, 0.2) is 6.10 Å². The number of nitrogens with zero attached hydrogens (tertiary/aromatic N) is 1. The molecule has 0 saturated carbocycles. The average molecular weight is 239 g/mol. The average Bonchev–Trinajstić information content (AvgIpc) is 2.71. The van der Waals surface area contributed by atoms with Crippen molar-refractivity contribution < 1.29 is 24.5 Å². The van der Waals surface area contributed by atoms with Crippen molar-refractivity contribution in [3.8, 4) is 0 Å². The fourth-order valence-electron chi connectivity index (χ4n) is 1.61. The molecule has 0 bridgehead atoms. The van der Waals surface area contributed by atoms with Gasteiger partial charge in [-0.1, -0.05) is 0 Å². The van der Waals surface area contributed by atoms with Crippen LogP contribution in [0.3, 0.4) is 0 Å². The van der Waals surface area contributed by atoms with Crippen LogP contribution in [0.1, 0.15) is 10.4 Å². The maximum atomic E-state index is 11.6. The Kier molecular flexibility index (Phi) is 3.68. The molecule has 6 heteroatoms. The van der Waals surface area contributed by atoms with Crippen LogP contribution in [-0.2, 0) is 9.47 Å². The first kappa shape index (κ1) is 12.0. The van der Waals surface area contributed by atoms with Gasteiger partial charge in [-0.2, -0.15) is 0 Å². The van der Waals surface area contributed by atoms with E-state index in [0.29, 0.717) is 5.56 Å². The maximum Gasteiger partial charge on any atom is 0.340 e. The molecule has 0 aliphatic carbocycles. The Bertz CT molecular complexity index is 383. The number of hydrogen-bond donors (Lipinski definition) is 2. The van der Waals surface area contributed by atoms with Crippen molar-refractivity contribution in [2.24, 2.45) is 0 Å². The highest BCUT2D eigenvalue weighted by Gasteiger charge is 2.38. The lowest BCUT2D eigenvalue weighted by atomic mass is 10.1. The maximum absolute atomic E-state index is 11.6. The molecule has 0 radical (unpaired) electrons. The molecule has 1 aromatic rings. The van der Waals surface area contributed by atoms with Gasteiger partial charge >= 0.3 is 5.97 Å². The number of rotatable bonds is 3. The third-order valence-corrected chi connectivity index (χ3v) is 2.57. The normalized spacial score (nSPS) is 28.0. The second-order valence-electron chi connectivity index (χ2n) is 3.73. The second kappa shape index (κ2) is 5.22. The van der Waals surface area contributed by atoms with Crippen molar-refractivity contribution in [1.29, 1.82) is 0 Å². The summed E-state index contributed by atoms with van der Waals surface area (Å²) in [6.45, 7) is -0.222. The summed E-state index contributed by atoms with van der Waals surface area (Å²) in [4.78, 5) is 15.4. The Morgan fingerprint density at radius 3 is 3.06 bits per heavy atom. The Labute approximate surface area is 97.8 Å². The zero-order chi connectivity index (χ0) is 12.3. The Balaban J connectivity index is 1.96. The topological polar surface area (TPSA) is 88.9 Å². The van der Waals surface area contributed by atoms with E-state index in [1.54, 1.807) is 18.3 Å². The number of aliphatic hydroxyl groups excluding tert-OH is 2. The summed E-state index contributed by atoms with van der Waals surface area (Å²) < 4.78 is 10.1. The van der Waals surface area contributed by atoms with E-state index in [9.17, 15) is 9.90 Å². The summed E-state index contributed by atoms with van der Waals surface area (Å²) in [6.07, 6.45) is 0.488. The van der Waals surface area contributed by atoms with Crippen LogP contribution < -0.4 is 0 Å². The van der Waals surface area contributed by atoms with E-state index in [4.69, 9.17) is 14.6 Å². The van der Waals surface area contributed by atoms with Crippen LogP contribution in [0, 0.1) is 0 Å². The minimum Gasteiger partial charge on any atom is -0.453 e. The van der Waals surface area contributed by atoms with E-state index in [0.717, 1.165) is 0 Å². The predicted molar refractivity (Wildman–Crippen MR) is 56.3 cm³/mol. The van der Waals surface area contributed by atoms with E-state index in [1.807, 2.05) is 0 Å². The summed E-state index contributed by atoms with van der Waals surface area (Å²) >= 11 is 0. The first-order chi connectivity index (χ1) is 8.22. The highest BCUT2D eigenvalue weighted by molar-refractivity contribution is 5.89. The fraction of sp³-hybridized carbons (Fsp3) is 0.455.